The summed E-state index contributed by atoms with van der Waals surface area (Å²) >= 11 is 0. The van der Waals surface area contributed by atoms with Gasteiger partial charge in [0.25, 0.3) is 5.69 Å². The highest BCUT2D eigenvalue weighted by Gasteiger charge is 2.51. The van der Waals surface area contributed by atoms with Gasteiger partial charge >= 0.3 is 6.09 Å². The van der Waals surface area contributed by atoms with E-state index in [9.17, 15) is 59.3 Å². The van der Waals surface area contributed by atoms with Gasteiger partial charge in [0.1, 0.15) is 35.6 Å². The van der Waals surface area contributed by atoms with Crippen LogP contribution in [0.15, 0.2) is 53.6 Å². The summed E-state index contributed by atoms with van der Waals surface area (Å²) in [5.74, 6) is -4.51. The number of rotatable bonds is 19. The smallest absolute Gasteiger partial charge is 0.414 e. The van der Waals surface area contributed by atoms with Crippen LogP contribution in [0.5, 0.6) is 17.2 Å². The van der Waals surface area contributed by atoms with Gasteiger partial charge in [0, 0.05) is 85.8 Å². The fourth-order valence-corrected chi connectivity index (χ4v) is 11.2. The van der Waals surface area contributed by atoms with Crippen molar-refractivity contribution in [2.75, 3.05) is 64.8 Å². The van der Waals surface area contributed by atoms with E-state index in [-0.39, 0.29) is 78.0 Å². The zero-order valence-electron chi connectivity index (χ0n) is 39.5. The summed E-state index contributed by atoms with van der Waals surface area (Å²) in [6, 6.07) is 7.50. The van der Waals surface area contributed by atoms with Crippen LogP contribution in [0.25, 0.3) is 0 Å². The van der Waals surface area contributed by atoms with Gasteiger partial charge in [-0.25, -0.2) is 4.79 Å². The number of aliphatic hydroxyl groups excluding tert-OH is 1. The van der Waals surface area contributed by atoms with E-state index in [1.807, 2.05) is 17.2 Å². The summed E-state index contributed by atoms with van der Waals surface area (Å²) in [7, 11) is 6.87. The van der Waals surface area contributed by atoms with Crippen molar-refractivity contribution in [2.24, 2.45) is 0 Å². The average molecular weight is 1020 g/mol. The maximum absolute atomic E-state index is 14.5. The van der Waals surface area contributed by atoms with Crippen molar-refractivity contribution >= 4 is 68.1 Å². The number of ether oxygens (including phenoxy) is 5. The molecule has 0 saturated carbocycles. The van der Waals surface area contributed by atoms with Crippen molar-refractivity contribution in [3.05, 3.63) is 92.2 Å². The minimum Gasteiger partial charge on any atom is -0.507 e. The number of ketones is 4. The molecule has 2 aliphatic heterocycles. The van der Waals surface area contributed by atoms with Crippen LogP contribution in [0, 0.1) is 10.1 Å². The number of phenolic OH excluding ortho intramolecular Hbond substituents is 2. The number of nitro groups is 1. The van der Waals surface area contributed by atoms with Crippen molar-refractivity contribution in [1.29, 1.82) is 0 Å². The molecule has 0 radical (unpaired) electrons. The highest BCUT2D eigenvalue weighted by Crippen LogP contribution is 2.53. The van der Waals surface area contributed by atoms with Crippen LogP contribution in [0.3, 0.4) is 0 Å². The average Bonchev–Trinajstić information content (AvgIpc) is 3.88. The molecule has 1 saturated heterocycles. The molecule has 71 heavy (non-hydrogen) atoms. The predicted octanol–water partition coefficient (Wildman–Crippen LogP) is 4.65. The quantitative estimate of drug-likeness (QED) is 0.0327. The molecule has 1 fully saturated rings. The van der Waals surface area contributed by atoms with Gasteiger partial charge in [-0.1, -0.05) is 39.8 Å². The molecule has 23 heteroatoms. The van der Waals surface area contributed by atoms with Crippen LogP contribution >= 0.6 is 21.6 Å². The molecule has 21 nitrogen and oxygen atoms in total. The molecular formula is C48H54N4O17S2. The zero-order valence-corrected chi connectivity index (χ0v) is 41.1. The number of amides is 2. The van der Waals surface area contributed by atoms with Crippen LogP contribution in [-0.4, -0.2) is 160 Å². The van der Waals surface area contributed by atoms with E-state index >= 15 is 0 Å². The van der Waals surface area contributed by atoms with Crippen molar-refractivity contribution in [2.45, 2.75) is 87.1 Å². The summed E-state index contributed by atoms with van der Waals surface area (Å²) in [5, 5.41) is 59.8. The molecule has 3 aromatic carbocycles. The first kappa shape index (κ1) is 52.7. The second-order valence-electron chi connectivity index (χ2n) is 17.6. The molecule has 2 aliphatic carbocycles. The lowest BCUT2D eigenvalue weighted by Gasteiger charge is -2.44. The van der Waals surface area contributed by atoms with Gasteiger partial charge in [0.2, 0.25) is 17.5 Å². The first-order valence-electron chi connectivity index (χ1n) is 22.6. The predicted molar refractivity (Wildman–Crippen MR) is 256 cm³/mol. The van der Waals surface area contributed by atoms with Crippen LogP contribution < -0.4 is 9.64 Å². The summed E-state index contributed by atoms with van der Waals surface area (Å²) < 4.78 is 28.9. The lowest BCUT2D eigenvalue weighted by atomic mass is 9.72. The SMILES string of the molecule is COc1cccc2c1C(=O)c1c(O)c3c(c(O)c1C2=O)CC(O)(C(=O)COC(=O)N(CCOCC(C)=O)c1cc([N+](=O)[O-])ccc1SSCCC(=O)N(C)C)CC3OC1CC(N2C=CCC2)C(O)C(C)O1. The number of nitrogens with zero attached hydrogens (tertiary/aromatic N) is 4. The van der Waals surface area contributed by atoms with E-state index in [4.69, 9.17) is 23.7 Å². The lowest BCUT2D eigenvalue weighted by molar-refractivity contribution is -0.384. The number of anilines is 1. The molecule has 380 valence electrons. The van der Waals surface area contributed by atoms with Gasteiger partial charge in [-0.05, 0) is 38.6 Å². The van der Waals surface area contributed by atoms with Crippen LogP contribution in [-0.2, 0) is 39.8 Å². The third-order valence-corrected chi connectivity index (χ3v) is 15.1. The Hall–Kier alpha value is -6.08. The monoisotopic (exact) mass is 1020 g/mol. The maximum atomic E-state index is 14.5. The molecule has 4 aliphatic rings. The second-order valence-corrected chi connectivity index (χ2v) is 20.1. The normalized spacial score (nSPS) is 22.3. The van der Waals surface area contributed by atoms with Crippen LogP contribution in [0.2, 0.25) is 0 Å². The van der Waals surface area contributed by atoms with Gasteiger partial charge in [-0.2, -0.15) is 0 Å². The topological polar surface area (TPSA) is 282 Å². The Balaban J connectivity index is 1.22. The molecule has 2 heterocycles. The maximum Gasteiger partial charge on any atom is 0.414 e. The first-order valence-corrected chi connectivity index (χ1v) is 24.9. The number of hydrogen-bond acceptors (Lipinski definition) is 20. The van der Waals surface area contributed by atoms with E-state index in [1.54, 1.807) is 21.0 Å². The van der Waals surface area contributed by atoms with Crippen molar-refractivity contribution < 1.29 is 77.8 Å². The highest BCUT2D eigenvalue weighted by molar-refractivity contribution is 8.76. The Morgan fingerprint density at radius 3 is 2.46 bits per heavy atom. The molecular weight excluding hydrogens is 969 g/mol. The van der Waals surface area contributed by atoms with E-state index < -0.39 is 112 Å². The van der Waals surface area contributed by atoms with Gasteiger partial charge < -0.3 is 53.9 Å². The molecule has 3 aromatic rings. The second kappa shape index (κ2) is 22.1. The number of aliphatic hydroxyl groups is 2. The fraction of sp³-hybridized carbons (Fsp3) is 0.458. The molecule has 2 amide bonds. The Labute approximate surface area is 415 Å². The Bertz CT molecular complexity index is 2660. The number of non-ortho nitro benzene ring substituents is 1. The first-order chi connectivity index (χ1) is 33.8. The standard InChI is InChI=1S/C48H54N4O17S2/c1-25(53)23-66-17-16-51(30-19-27(52(63)64)11-12-34(30)71-70-18-13-36(55)49(3)4)47(61)67-24-35(54)48(62)21-29-39(33(22-48)69-37-20-31(42(56)26(2)68-37)50-14-6-7-15-50)46(60)41-40(44(29)58)43(57)28-9-8-10-32(65-5)38(28)45(41)59/h6,8-12,14,19,26,31,33,37,42,56,58,60,62H,7,13,15-18,20-24H2,1-5H3. The van der Waals surface area contributed by atoms with Crippen molar-refractivity contribution in [3.8, 4) is 17.2 Å². The molecule has 0 spiro atoms. The number of benzene rings is 3. The summed E-state index contributed by atoms with van der Waals surface area (Å²) in [6.07, 6.45) is -2.38. The number of fused-ring (bicyclic) bond motifs is 3. The minimum atomic E-state index is -2.57. The third-order valence-electron chi connectivity index (χ3n) is 12.7. The molecule has 7 rings (SSSR count). The Kier molecular flexibility index (Phi) is 16.4. The molecule has 6 atom stereocenters. The van der Waals surface area contributed by atoms with Crippen molar-refractivity contribution in [1.82, 2.24) is 9.80 Å². The molecule has 4 N–H and O–H groups in total. The Morgan fingerprint density at radius 2 is 1.79 bits per heavy atom. The van der Waals surface area contributed by atoms with E-state index in [0.717, 1.165) is 28.2 Å². The van der Waals surface area contributed by atoms with Gasteiger partial charge in [-0.15, -0.1) is 0 Å². The van der Waals surface area contributed by atoms with Gasteiger partial charge in [-0.3, -0.25) is 39.0 Å². The summed E-state index contributed by atoms with van der Waals surface area (Å²) in [4.78, 5) is 96.9. The number of nitro benzene ring substituents is 1. The number of carbonyl (C=O) groups excluding carboxylic acids is 6. The Morgan fingerprint density at radius 1 is 1.04 bits per heavy atom. The fourth-order valence-electron chi connectivity index (χ4n) is 9.04. The lowest BCUT2D eigenvalue weighted by Crippen LogP contribution is -2.54. The molecule has 0 bridgehead atoms. The third kappa shape index (κ3) is 11.1. The number of methoxy groups -OCH3 is 1. The van der Waals surface area contributed by atoms with Gasteiger partial charge in [0.05, 0.1) is 65.8 Å². The summed E-state index contributed by atoms with van der Waals surface area (Å²) in [6.45, 7) is 1.47. The zero-order chi connectivity index (χ0) is 51.5. The van der Waals surface area contributed by atoms with E-state index in [1.165, 1.54) is 60.1 Å². The van der Waals surface area contributed by atoms with E-state index in [2.05, 4.69) is 0 Å². The van der Waals surface area contributed by atoms with Crippen LogP contribution in [0.1, 0.15) is 88.6 Å². The number of aromatic hydroxyl groups is 2. The summed E-state index contributed by atoms with van der Waals surface area (Å²) in [5.41, 5.74) is -4.97. The minimum absolute atomic E-state index is 0.0311. The molecule has 6 unspecified atom stereocenters. The number of hydrogen-bond donors (Lipinski definition) is 4. The largest absolute Gasteiger partial charge is 0.507 e. The van der Waals surface area contributed by atoms with Gasteiger partial charge in [0.15, 0.2) is 24.5 Å². The number of Topliss-reactive ketones (excluding diaryl/α,β-unsaturated/α-hetero) is 2. The van der Waals surface area contributed by atoms with E-state index in [0.29, 0.717) is 17.2 Å². The highest BCUT2D eigenvalue weighted by atomic mass is 33.1. The van der Waals surface area contributed by atoms with Crippen LogP contribution in [0.4, 0.5) is 16.2 Å². The molecule has 0 aromatic heterocycles. The van der Waals surface area contributed by atoms with Crippen molar-refractivity contribution in [3.63, 3.8) is 0 Å². The number of carbonyl (C=O) groups is 6. The number of phenols is 2.